The summed E-state index contributed by atoms with van der Waals surface area (Å²) in [6.45, 7) is 4.35. The Hall–Kier alpha value is -2.42. The minimum Gasteiger partial charge on any atom is -0.403 e. The molecule has 30 heavy (non-hydrogen) atoms. The molecule has 1 aliphatic heterocycles. The van der Waals surface area contributed by atoms with Gasteiger partial charge in [0.2, 0.25) is 5.89 Å². The highest BCUT2D eigenvalue weighted by atomic mass is 35.5. The first-order valence-electron chi connectivity index (χ1n) is 10.0. The van der Waals surface area contributed by atoms with Gasteiger partial charge in [0.1, 0.15) is 0 Å². The van der Waals surface area contributed by atoms with E-state index in [1.807, 2.05) is 35.0 Å². The number of likely N-dealkylation sites (tertiary alicyclic amines) is 1. The highest BCUT2D eigenvalue weighted by Gasteiger charge is 2.11. The van der Waals surface area contributed by atoms with E-state index in [2.05, 4.69) is 25.7 Å². The van der Waals surface area contributed by atoms with Crippen LogP contribution in [0.25, 0.3) is 11.5 Å². The number of aromatic nitrogens is 2. The molecule has 2 aromatic heterocycles. The normalized spacial score (nSPS) is 14.1. The number of benzene rings is 1. The first-order chi connectivity index (χ1) is 14.3. The second-order valence-electron chi connectivity index (χ2n) is 7.14. The topological polar surface area (TPSA) is 83.3 Å². The lowest BCUT2D eigenvalue weighted by molar-refractivity contribution is 0.102. The molecule has 4 rings (SSSR count). The van der Waals surface area contributed by atoms with Crippen LogP contribution in [0.2, 0.25) is 0 Å². The van der Waals surface area contributed by atoms with Crippen LogP contribution >= 0.6 is 23.7 Å². The number of amides is 1. The second kappa shape index (κ2) is 11.1. The van der Waals surface area contributed by atoms with Gasteiger partial charge in [0.25, 0.3) is 5.91 Å². The molecule has 3 heterocycles. The van der Waals surface area contributed by atoms with Crippen molar-refractivity contribution >= 4 is 41.4 Å². The van der Waals surface area contributed by atoms with E-state index in [9.17, 15) is 4.79 Å². The van der Waals surface area contributed by atoms with E-state index < -0.39 is 0 Å². The summed E-state index contributed by atoms with van der Waals surface area (Å²) < 4.78 is 5.71. The maximum absolute atomic E-state index is 12.1. The summed E-state index contributed by atoms with van der Waals surface area (Å²) in [6, 6.07) is 9.61. The molecule has 1 aromatic carbocycles. The van der Waals surface area contributed by atoms with Gasteiger partial charge in [-0.3, -0.25) is 4.79 Å². The van der Waals surface area contributed by atoms with Gasteiger partial charge < -0.3 is 20.0 Å². The van der Waals surface area contributed by atoms with Gasteiger partial charge in [0.05, 0.1) is 5.56 Å². The third-order valence-corrected chi connectivity index (χ3v) is 5.66. The summed E-state index contributed by atoms with van der Waals surface area (Å²) in [5.41, 5.74) is 2.19. The van der Waals surface area contributed by atoms with E-state index in [0.29, 0.717) is 17.5 Å². The van der Waals surface area contributed by atoms with Gasteiger partial charge in [0, 0.05) is 23.2 Å². The smallest absolute Gasteiger partial charge is 0.315 e. The van der Waals surface area contributed by atoms with Crippen molar-refractivity contribution in [2.24, 2.45) is 0 Å². The van der Waals surface area contributed by atoms with Gasteiger partial charge in [-0.05, 0) is 74.6 Å². The van der Waals surface area contributed by atoms with Crippen LogP contribution in [0, 0.1) is 0 Å². The molecule has 1 saturated heterocycles. The molecule has 7 nitrogen and oxygen atoms in total. The number of nitrogens with zero attached hydrogens (tertiary/aromatic N) is 3. The van der Waals surface area contributed by atoms with Crippen molar-refractivity contribution in [3.63, 3.8) is 0 Å². The third kappa shape index (κ3) is 6.04. The van der Waals surface area contributed by atoms with Crippen molar-refractivity contribution in [2.45, 2.75) is 25.7 Å². The molecule has 3 aromatic rings. The Bertz CT molecular complexity index is 908. The Morgan fingerprint density at radius 2 is 1.90 bits per heavy atom. The predicted octanol–water partition coefficient (Wildman–Crippen LogP) is 4.76. The van der Waals surface area contributed by atoms with E-state index in [1.165, 1.54) is 43.7 Å². The fourth-order valence-electron chi connectivity index (χ4n) is 3.39. The summed E-state index contributed by atoms with van der Waals surface area (Å²) in [5, 5.41) is 18.0. The van der Waals surface area contributed by atoms with Crippen molar-refractivity contribution < 1.29 is 9.21 Å². The van der Waals surface area contributed by atoms with Gasteiger partial charge in [-0.25, -0.2) is 0 Å². The molecule has 1 aliphatic rings. The molecule has 0 spiro atoms. The molecule has 1 amide bonds. The van der Waals surface area contributed by atoms with Gasteiger partial charge in [-0.1, -0.05) is 11.5 Å². The van der Waals surface area contributed by atoms with E-state index in [-0.39, 0.29) is 18.3 Å². The largest absolute Gasteiger partial charge is 0.403 e. The molecule has 1 fully saturated rings. The van der Waals surface area contributed by atoms with Gasteiger partial charge in [0.15, 0.2) is 0 Å². The van der Waals surface area contributed by atoms with Crippen LogP contribution in [-0.4, -0.2) is 47.2 Å². The zero-order chi connectivity index (χ0) is 19.9. The van der Waals surface area contributed by atoms with Crippen molar-refractivity contribution in [3.8, 4) is 11.5 Å². The number of carbonyl (C=O) groups excluding carboxylic acids is 1. The molecule has 0 saturated carbocycles. The van der Waals surface area contributed by atoms with Crippen LogP contribution in [0.3, 0.4) is 0 Å². The number of rotatable bonds is 8. The van der Waals surface area contributed by atoms with E-state index in [4.69, 9.17) is 4.42 Å². The van der Waals surface area contributed by atoms with Crippen LogP contribution < -0.4 is 10.6 Å². The monoisotopic (exact) mass is 447 g/mol. The van der Waals surface area contributed by atoms with Crippen molar-refractivity contribution in [1.82, 2.24) is 15.1 Å². The van der Waals surface area contributed by atoms with Crippen LogP contribution in [0.5, 0.6) is 0 Å². The summed E-state index contributed by atoms with van der Waals surface area (Å²) in [6.07, 6.45) is 5.05. The number of hydrogen-bond donors (Lipinski definition) is 2. The third-order valence-electron chi connectivity index (χ3n) is 4.97. The highest BCUT2D eigenvalue weighted by Crippen LogP contribution is 2.22. The van der Waals surface area contributed by atoms with E-state index >= 15 is 0 Å². The Kier molecular flexibility index (Phi) is 8.24. The van der Waals surface area contributed by atoms with Crippen LogP contribution in [0.1, 0.15) is 36.0 Å². The Morgan fingerprint density at radius 1 is 1.10 bits per heavy atom. The number of thiophene rings is 1. The summed E-state index contributed by atoms with van der Waals surface area (Å²) in [4.78, 5) is 14.6. The molecule has 0 bridgehead atoms. The molecule has 9 heteroatoms. The average molecular weight is 448 g/mol. The van der Waals surface area contributed by atoms with E-state index in [0.717, 1.165) is 30.8 Å². The zero-order valence-corrected chi connectivity index (χ0v) is 18.3. The fourth-order valence-corrected chi connectivity index (χ4v) is 4.02. The predicted molar refractivity (Wildman–Crippen MR) is 123 cm³/mol. The van der Waals surface area contributed by atoms with Crippen LogP contribution in [0.15, 0.2) is 45.5 Å². The van der Waals surface area contributed by atoms with Gasteiger partial charge >= 0.3 is 6.01 Å². The standard InChI is InChI=1S/C21H25N5O2S.ClH/c27-19(17-9-14-29-15-17)23-18-7-5-16(6-8-18)20-24-25-21(28-20)22-10-4-13-26-11-2-1-3-12-26;/h5-9,14-15H,1-4,10-13H2,(H,22,25)(H,23,27);1H. The zero-order valence-electron chi connectivity index (χ0n) is 16.7. The first kappa shape index (κ1) is 22.3. The molecule has 2 N–H and O–H groups in total. The number of piperidine rings is 1. The van der Waals surface area contributed by atoms with Crippen molar-refractivity contribution in [2.75, 3.05) is 36.8 Å². The number of halogens is 1. The summed E-state index contributed by atoms with van der Waals surface area (Å²) in [7, 11) is 0. The lowest BCUT2D eigenvalue weighted by Gasteiger charge is -2.26. The lowest BCUT2D eigenvalue weighted by Crippen LogP contribution is -2.31. The fraction of sp³-hybridized carbons (Fsp3) is 0.381. The number of anilines is 2. The molecule has 0 atom stereocenters. The SMILES string of the molecule is Cl.O=C(Nc1ccc(-c2nnc(NCCCN3CCCCC3)o2)cc1)c1ccsc1. The Morgan fingerprint density at radius 3 is 2.63 bits per heavy atom. The Balaban J connectivity index is 0.00000256. The molecular weight excluding hydrogens is 422 g/mol. The average Bonchev–Trinajstić information content (AvgIpc) is 3.45. The Labute approximate surface area is 186 Å². The highest BCUT2D eigenvalue weighted by molar-refractivity contribution is 7.08. The lowest BCUT2D eigenvalue weighted by atomic mass is 10.1. The summed E-state index contributed by atoms with van der Waals surface area (Å²) >= 11 is 1.50. The van der Waals surface area contributed by atoms with Crippen molar-refractivity contribution in [3.05, 3.63) is 46.7 Å². The minimum atomic E-state index is -0.118. The van der Waals surface area contributed by atoms with Crippen LogP contribution in [0.4, 0.5) is 11.7 Å². The van der Waals surface area contributed by atoms with E-state index in [1.54, 1.807) is 6.07 Å². The van der Waals surface area contributed by atoms with Crippen LogP contribution in [-0.2, 0) is 0 Å². The number of nitrogens with one attached hydrogen (secondary N) is 2. The maximum Gasteiger partial charge on any atom is 0.315 e. The number of hydrogen-bond acceptors (Lipinski definition) is 7. The minimum absolute atomic E-state index is 0. The molecular formula is C21H26ClN5O2S. The second-order valence-corrected chi connectivity index (χ2v) is 7.92. The maximum atomic E-state index is 12.1. The van der Waals surface area contributed by atoms with Crippen molar-refractivity contribution in [1.29, 1.82) is 0 Å². The summed E-state index contributed by atoms with van der Waals surface area (Å²) in [5.74, 6) is 0.340. The number of carbonyl (C=O) groups is 1. The molecule has 0 unspecified atom stereocenters. The molecule has 0 radical (unpaired) electrons. The molecule has 160 valence electrons. The van der Waals surface area contributed by atoms with Gasteiger partial charge in [-0.2, -0.15) is 11.3 Å². The first-order valence-corrected chi connectivity index (χ1v) is 11.0. The quantitative estimate of drug-likeness (QED) is 0.484. The molecule has 0 aliphatic carbocycles. The van der Waals surface area contributed by atoms with Gasteiger partial charge in [-0.15, -0.1) is 17.5 Å².